The molecule has 0 N–H and O–H groups in total. The minimum absolute atomic E-state index is 0.180. The van der Waals surface area contributed by atoms with E-state index in [1.807, 2.05) is 43.3 Å². The molecular formula is C16H16N2O2. The summed E-state index contributed by atoms with van der Waals surface area (Å²) in [5, 5.41) is 8.87. The maximum Gasteiger partial charge on any atom is 0.268 e. The highest BCUT2D eigenvalue weighted by molar-refractivity contribution is 5.27. The molecule has 0 unspecified atom stereocenters. The fourth-order valence-electron chi connectivity index (χ4n) is 1.96. The molecule has 0 fully saturated rings. The van der Waals surface area contributed by atoms with E-state index in [0.717, 1.165) is 11.4 Å². The first kappa shape index (κ1) is 13.9. The van der Waals surface area contributed by atoms with Crippen molar-refractivity contribution in [2.24, 2.45) is 0 Å². The van der Waals surface area contributed by atoms with Crippen LogP contribution in [0.4, 0.5) is 0 Å². The standard InChI is InChI=1S/C16H16N2O2/c1-13-8-9-14(12-17)16(19)18(13)10-5-11-20-15-6-3-2-4-7-15/h2-4,6-9H,5,10-11H2,1H3. The summed E-state index contributed by atoms with van der Waals surface area (Å²) in [6, 6.07) is 14.8. The molecule has 2 rings (SSSR count). The van der Waals surface area contributed by atoms with Gasteiger partial charge in [-0.25, -0.2) is 0 Å². The Kier molecular flexibility index (Phi) is 4.56. The maximum absolute atomic E-state index is 12.0. The van der Waals surface area contributed by atoms with E-state index < -0.39 is 0 Å². The average Bonchev–Trinajstić information content (AvgIpc) is 2.47. The molecule has 102 valence electrons. The van der Waals surface area contributed by atoms with E-state index >= 15 is 0 Å². The molecule has 0 saturated heterocycles. The molecule has 1 heterocycles. The van der Waals surface area contributed by atoms with Gasteiger partial charge in [0.05, 0.1) is 6.61 Å². The highest BCUT2D eigenvalue weighted by Crippen LogP contribution is 2.08. The van der Waals surface area contributed by atoms with E-state index in [1.165, 1.54) is 0 Å². The van der Waals surface area contributed by atoms with Crippen LogP contribution >= 0.6 is 0 Å². The van der Waals surface area contributed by atoms with Crippen LogP contribution in [-0.2, 0) is 6.54 Å². The minimum Gasteiger partial charge on any atom is -0.494 e. The molecule has 0 bridgehead atoms. The molecule has 4 nitrogen and oxygen atoms in total. The zero-order valence-corrected chi connectivity index (χ0v) is 11.4. The highest BCUT2D eigenvalue weighted by Gasteiger charge is 2.05. The lowest BCUT2D eigenvalue weighted by atomic mass is 10.2. The number of aryl methyl sites for hydroxylation is 1. The van der Waals surface area contributed by atoms with Gasteiger partial charge < -0.3 is 9.30 Å². The van der Waals surface area contributed by atoms with Crippen LogP contribution in [0.25, 0.3) is 0 Å². The summed E-state index contributed by atoms with van der Waals surface area (Å²) in [4.78, 5) is 12.0. The number of ether oxygens (including phenoxy) is 1. The van der Waals surface area contributed by atoms with Gasteiger partial charge >= 0.3 is 0 Å². The van der Waals surface area contributed by atoms with Gasteiger partial charge in [-0.05, 0) is 37.6 Å². The van der Waals surface area contributed by atoms with Crippen molar-refractivity contribution >= 4 is 0 Å². The summed E-state index contributed by atoms with van der Waals surface area (Å²) >= 11 is 0. The van der Waals surface area contributed by atoms with Crippen molar-refractivity contribution < 1.29 is 4.74 Å². The Hall–Kier alpha value is -2.54. The maximum atomic E-state index is 12.0. The molecule has 0 spiro atoms. The molecule has 1 aromatic heterocycles. The Balaban J connectivity index is 1.95. The van der Waals surface area contributed by atoms with E-state index in [0.29, 0.717) is 19.6 Å². The number of nitrogens with zero attached hydrogens (tertiary/aromatic N) is 2. The third-order valence-corrected chi connectivity index (χ3v) is 3.05. The number of pyridine rings is 1. The van der Waals surface area contributed by atoms with Crippen molar-refractivity contribution in [3.63, 3.8) is 0 Å². The topological polar surface area (TPSA) is 55.0 Å². The number of nitriles is 1. The van der Waals surface area contributed by atoms with Crippen molar-refractivity contribution in [1.82, 2.24) is 4.57 Å². The number of aromatic nitrogens is 1. The van der Waals surface area contributed by atoms with Crippen LogP contribution in [0.15, 0.2) is 47.3 Å². The van der Waals surface area contributed by atoms with Crippen LogP contribution in [0.1, 0.15) is 17.7 Å². The smallest absolute Gasteiger partial charge is 0.268 e. The summed E-state index contributed by atoms with van der Waals surface area (Å²) in [5.74, 6) is 0.822. The van der Waals surface area contributed by atoms with Crippen LogP contribution in [0, 0.1) is 18.3 Å². The summed E-state index contributed by atoms with van der Waals surface area (Å²) in [7, 11) is 0. The van der Waals surface area contributed by atoms with E-state index in [-0.39, 0.29) is 11.1 Å². The molecule has 2 aromatic rings. The van der Waals surface area contributed by atoms with Crippen molar-refractivity contribution in [2.75, 3.05) is 6.61 Å². The fourth-order valence-corrected chi connectivity index (χ4v) is 1.96. The van der Waals surface area contributed by atoms with Crippen molar-refractivity contribution in [3.05, 3.63) is 64.1 Å². The fraction of sp³-hybridized carbons (Fsp3) is 0.250. The SMILES string of the molecule is Cc1ccc(C#N)c(=O)n1CCCOc1ccccc1. The first-order valence-corrected chi connectivity index (χ1v) is 6.51. The Bertz CT molecular complexity index is 669. The van der Waals surface area contributed by atoms with E-state index in [4.69, 9.17) is 10.00 Å². The lowest BCUT2D eigenvalue weighted by Crippen LogP contribution is -2.25. The van der Waals surface area contributed by atoms with Crippen LogP contribution in [-0.4, -0.2) is 11.2 Å². The van der Waals surface area contributed by atoms with Gasteiger partial charge in [0.1, 0.15) is 17.4 Å². The van der Waals surface area contributed by atoms with Crippen molar-refractivity contribution in [1.29, 1.82) is 5.26 Å². The quantitative estimate of drug-likeness (QED) is 0.783. The molecule has 0 aliphatic heterocycles. The molecule has 0 radical (unpaired) electrons. The van der Waals surface area contributed by atoms with Crippen LogP contribution in [0.5, 0.6) is 5.75 Å². The first-order chi connectivity index (χ1) is 9.72. The molecule has 0 aliphatic carbocycles. The summed E-state index contributed by atoms with van der Waals surface area (Å²) in [5.41, 5.74) is 0.806. The van der Waals surface area contributed by atoms with Gasteiger partial charge in [0, 0.05) is 12.2 Å². The van der Waals surface area contributed by atoms with Gasteiger partial charge in [0.15, 0.2) is 0 Å². The Labute approximate surface area is 117 Å². The summed E-state index contributed by atoms with van der Waals surface area (Å²) in [6.07, 6.45) is 0.713. The van der Waals surface area contributed by atoms with Gasteiger partial charge in [0.2, 0.25) is 0 Å². The molecular weight excluding hydrogens is 252 g/mol. The van der Waals surface area contributed by atoms with Crippen molar-refractivity contribution in [3.8, 4) is 11.8 Å². The lowest BCUT2D eigenvalue weighted by Gasteiger charge is -2.10. The lowest BCUT2D eigenvalue weighted by molar-refractivity contribution is 0.300. The van der Waals surface area contributed by atoms with Gasteiger partial charge in [-0.15, -0.1) is 0 Å². The first-order valence-electron chi connectivity index (χ1n) is 6.51. The van der Waals surface area contributed by atoms with Gasteiger partial charge in [-0.2, -0.15) is 5.26 Å². The zero-order chi connectivity index (χ0) is 14.4. The summed E-state index contributed by atoms with van der Waals surface area (Å²) < 4.78 is 7.20. The molecule has 1 aromatic carbocycles. The monoisotopic (exact) mass is 268 g/mol. The molecule has 0 aliphatic rings. The minimum atomic E-state index is -0.229. The number of hydrogen-bond donors (Lipinski definition) is 0. The van der Waals surface area contributed by atoms with Gasteiger partial charge in [-0.1, -0.05) is 18.2 Å². The number of para-hydroxylation sites is 1. The number of rotatable bonds is 5. The number of benzene rings is 1. The average molecular weight is 268 g/mol. The molecule has 4 heteroatoms. The normalized spacial score (nSPS) is 10.0. The van der Waals surface area contributed by atoms with Crippen LogP contribution in [0.3, 0.4) is 0 Å². The van der Waals surface area contributed by atoms with Crippen LogP contribution < -0.4 is 10.3 Å². The largest absolute Gasteiger partial charge is 0.494 e. The Morgan fingerprint density at radius 2 is 1.95 bits per heavy atom. The second kappa shape index (κ2) is 6.58. The third kappa shape index (κ3) is 3.27. The predicted molar refractivity (Wildman–Crippen MR) is 76.7 cm³/mol. The number of hydrogen-bond acceptors (Lipinski definition) is 3. The Morgan fingerprint density at radius 1 is 1.20 bits per heavy atom. The molecule has 0 atom stereocenters. The Morgan fingerprint density at radius 3 is 2.65 bits per heavy atom. The van der Waals surface area contributed by atoms with Gasteiger partial charge in [0.25, 0.3) is 5.56 Å². The van der Waals surface area contributed by atoms with E-state index in [9.17, 15) is 4.79 Å². The third-order valence-electron chi connectivity index (χ3n) is 3.05. The molecule has 0 saturated carbocycles. The molecule has 20 heavy (non-hydrogen) atoms. The second-order valence-corrected chi connectivity index (χ2v) is 4.47. The highest BCUT2D eigenvalue weighted by atomic mass is 16.5. The van der Waals surface area contributed by atoms with E-state index in [1.54, 1.807) is 16.7 Å². The molecule has 0 amide bonds. The van der Waals surface area contributed by atoms with Crippen LogP contribution in [0.2, 0.25) is 0 Å². The van der Waals surface area contributed by atoms with Gasteiger partial charge in [-0.3, -0.25) is 4.79 Å². The van der Waals surface area contributed by atoms with Crippen molar-refractivity contribution in [2.45, 2.75) is 19.9 Å². The summed E-state index contributed by atoms with van der Waals surface area (Å²) in [6.45, 7) is 2.94. The predicted octanol–water partition coefficient (Wildman–Crippen LogP) is 2.50. The second-order valence-electron chi connectivity index (χ2n) is 4.47. The zero-order valence-electron chi connectivity index (χ0n) is 11.4. The van der Waals surface area contributed by atoms with E-state index in [2.05, 4.69) is 0 Å².